The van der Waals surface area contributed by atoms with Crippen molar-refractivity contribution in [2.75, 3.05) is 39.6 Å². The molecule has 17 nitrogen and oxygen atoms in total. The SMILES string of the molecule is CCCCCCCCCCCCCCCCCCCCC(=O)O[C@H](COC(=O)CCCCCCCCCCCCCCCCC(C)C)COP(=O)(O)OC[C@@H](O)COP(=O)(O)OC[C@@H](COC(=O)CCCCCCCCC)OC(=O)CCCCCCCCCCCCC(C)C. The molecule has 5 atom stereocenters. The number of hydrogen-bond donors (Lipinski definition) is 3. The second-order valence-corrected chi connectivity index (χ2v) is 31.3. The molecular weight excluding hydrogens is 1250 g/mol. The van der Waals surface area contributed by atoms with Gasteiger partial charge in [-0.3, -0.25) is 37.3 Å². The van der Waals surface area contributed by atoms with Gasteiger partial charge >= 0.3 is 39.5 Å². The first kappa shape index (κ1) is 93.1. The molecule has 0 bridgehead atoms. The van der Waals surface area contributed by atoms with Gasteiger partial charge in [-0.1, -0.05) is 343 Å². The van der Waals surface area contributed by atoms with Gasteiger partial charge in [-0.15, -0.1) is 0 Å². The quantitative estimate of drug-likeness (QED) is 0.0222. The zero-order valence-corrected chi connectivity index (χ0v) is 63.8. The van der Waals surface area contributed by atoms with Crippen LogP contribution in [0.1, 0.15) is 395 Å². The summed E-state index contributed by atoms with van der Waals surface area (Å²) in [4.78, 5) is 72.7. The highest BCUT2D eigenvalue weighted by Crippen LogP contribution is 2.45. The lowest BCUT2D eigenvalue weighted by atomic mass is 10.0. The molecule has 0 aromatic carbocycles. The highest BCUT2D eigenvalue weighted by Gasteiger charge is 2.30. The zero-order valence-electron chi connectivity index (χ0n) is 62.0. The van der Waals surface area contributed by atoms with E-state index in [0.717, 1.165) is 115 Å². The largest absolute Gasteiger partial charge is 0.472 e. The second-order valence-electron chi connectivity index (χ2n) is 28.3. The van der Waals surface area contributed by atoms with E-state index in [9.17, 15) is 43.2 Å². The predicted molar refractivity (Wildman–Crippen MR) is 386 cm³/mol. The lowest BCUT2D eigenvalue weighted by Crippen LogP contribution is -2.30. The third-order valence-corrected chi connectivity index (χ3v) is 19.6. The van der Waals surface area contributed by atoms with Gasteiger partial charge in [0.05, 0.1) is 26.4 Å². The highest BCUT2D eigenvalue weighted by atomic mass is 31.2. The summed E-state index contributed by atoms with van der Waals surface area (Å²) in [7, 11) is -9.91. The molecule has 19 heteroatoms. The Hall–Kier alpha value is -1.94. The molecule has 0 aliphatic heterocycles. The third-order valence-electron chi connectivity index (χ3n) is 17.7. The summed E-state index contributed by atoms with van der Waals surface area (Å²) < 4.78 is 68.4. The fraction of sp³-hybridized carbons (Fsp3) is 0.947. The van der Waals surface area contributed by atoms with Crippen LogP contribution in [0.3, 0.4) is 0 Å². The Balaban J connectivity index is 5.19. The first-order chi connectivity index (χ1) is 45.9. The van der Waals surface area contributed by atoms with Gasteiger partial charge in [0.2, 0.25) is 0 Å². The van der Waals surface area contributed by atoms with Gasteiger partial charge < -0.3 is 33.8 Å². The van der Waals surface area contributed by atoms with Crippen LogP contribution in [-0.2, 0) is 65.4 Å². The zero-order chi connectivity index (χ0) is 70.0. The molecule has 0 radical (unpaired) electrons. The van der Waals surface area contributed by atoms with Gasteiger partial charge in [0, 0.05) is 25.7 Å². The number of unbranched alkanes of at least 4 members (excludes halogenated alkanes) is 45. The number of carbonyl (C=O) groups is 4. The Labute approximate surface area is 581 Å². The molecule has 0 heterocycles. The van der Waals surface area contributed by atoms with E-state index in [1.54, 1.807) is 0 Å². The molecule has 0 amide bonds. The Morgan fingerprint density at radius 1 is 0.284 bits per heavy atom. The number of ether oxygens (including phenoxy) is 4. The van der Waals surface area contributed by atoms with Crippen molar-refractivity contribution in [2.24, 2.45) is 11.8 Å². The number of hydrogen-bond acceptors (Lipinski definition) is 15. The third kappa shape index (κ3) is 70.3. The van der Waals surface area contributed by atoms with E-state index in [4.69, 9.17) is 37.0 Å². The Kier molecular flexibility index (Phi) is 66.5. The molecule has 564 valence electrons. The van der Waals surface area contributed by atoms with E-state index in [-0.39, 0.29) is 25.7 Å². The normalized spacial score (nSPS) is 14.0. The molecule has 0 aliphatic carbocycles. The van der Waals surface area contributed by atoms with Crippen LogP contribution in [0.5, 0.6) is 0 Å². The summed E-state index contributed by atoms with van der Waals surface area (Å²) in [6, 6.07) is 0. The van der Waals surface area contributed by atoms with Gasteiger partial charge in [-0.2, -0.15) is 0 Å². The van der Waals surface area contributed by atoms with Crippen molar-refractivity contribution >= 4 is 39.5 Å². The fourth-order valence-electron chi connectivity index (χ4n) is 11.7. The number of phosphoric ester groups is 2. The first-order valence-electron chi connectivity index (χ1n) is 39.5. The van der Waals surface area contributed by atoms with Crippen molar-refractivity contribution in [3.63, 3.8) is 0 Å². The lowest BCUT2D eigenvalue weighted by molar-refractivity contribution is -0.161. The van der Waals surface area contributed by atoms with Crippen LogP contribution < -0.4 is 0 Å². The molecule has 0 saturated carbocycles. The molecule has 0 rings (SSSR count). The van der Waals surface area contributed by atoms with Crippen molar-refractivity contribution in [2.45, 2.75) is 413 Å². The molecule has 3 N–H and O–H groups in total. The fourth-order valence-corrected chi connectivity index (χ4v) is 13.2. The standard InChI is InChI=1S/C76H148O17P2/c1-7-9-11-13-15-16-17-18-19-20-21-22-27-30-36-42-48-54-60-75(80)93-72(65-87-74(79)59-53-47-41-35-29-26-24-23-25-28-33-39-44-50-56-68(3)4)67-91-95(84,85)89-63-70(77)62-88-94(82,83)90-66-71(64-86-73(78)58-52-46-38-14-12-10-8-2)92-76(81)61-55-49-43-37-32-31-34-40-45-51-57-69(5)6/h68-72,77H,7-67H2,1-6H3,(H,82,83)(H,84,85)/t70-,71+,72+/m0/s1. The predicted octanol–water partition coefficient (Wildman–Crippen LogP) is 22.3. The van der Waals surface area contributed by atoms with E-state index in [0.29, 0.717) is 25.7 Å². The van der Waals surface area contributed by atoms with Crippen molar-refractivity contribution in [3.8, 4) is 0 Å². The molecule has 0 fully saturated rings. The summed E-state index contributed by atoms with van der Waals surface area (Å²) in [5.74, 6) is -0.568. The van der Waals surface area contributed by atoms with Crippen LogP contribution in [0, 0.1) is 11.8 Å². The molecule has 0 aromatic rings. The Morgan fingerprint density at radius 3 is 0.716 bits per heavy atom. The van der Waals surface area contributed by atoms with Gasteiger partial charge in [0.25, 0.3) is 0 Å². The van der Waals surface area contributed by atoms with Crippen molar-refractivity contribution in [1.29, 1.82) is 0 Å². The van der Waals surface area contributed by atoms with Crippen molar-refractivity contribution in [3.05, 3.63) is 0 Å². The van der Waals surface area contributed by atoms with Crippen LogP contribution in [-0.4, -0.2) is 96.7 Å². The number of aliphatic hydroxyl groups is 1. The smallest absolute Gasteiger partial charge is 0.462 e. The number of phosphoric acid groups is 2. The second kappa shape index (κ2) is 67.9. The summed E-state index contributed by atoms with van der Waals surface area (Å²) in [5, 5.41) is 10.6. The van der Waals surface area contributed by atoms with Crippen LogP contribution in [0.4, 0.5) is 0 Å². The highest BCUT2D eigenvalue weighted by molar-refractivity contribution is 7.47. The van der Waals surface area contributed by atoms with Crippen molar-refractivity contribution < 1.29 is 80.2 Å². The minimum absolute atomic E-state index is 0.106. The lowest BCUT2D eigenvalue weighted by Gasteiger charge is -2.21. The molecule has 0 aromatic heterocycles. The van der Waals surface area contributed by atoms with E-state index >= 15 is 0 Å². The van der Waals surface area contributed by atoms with Crippen LogP contribution in [0.25, 0.3) is 0 Å². The van der Waals surface area contributed by atoms with Crippen molar-refractivity contribution in [1.82, 2.24) is 0 Å². The van der Waals surface area contributed by atoms with E-state index in [2.05, 4.69) is 41.5 Å². The number of rotatable bonds is 75. The summed E-state index contributed by atoms with van der Waals surface area (Å²) in [6.07, 6.45) is 55.6. The molecule has 0 spiro atoms. The first-order valence-corrected chi connectivity index (χ1v) is 42.5. The van der Waals surface area contributed by atoms with Gasteiger partial charge in [-0.25, -0.2) is 9.13 Å². The van der Waals surface area contributed by atoms with E-state index in [1.807, 2.05) is 0 Å². The minimum Gasteiger partial charge on any atom is -0.462 e. The van der Waals surface area contributed by atoms with Crippen LogP contribution in [0.2, 0.25) is 0 Å². The number of carbonyl (C=O) groups excluding carboxylic acids is 4. The number of aliphatic hydroxyl groups excluding tert-OH is 1. The van der Waals surface area contributed by atoms with E-state index < -0.39 is 97.5 Å². The summed E-state index contributed by atoms with van der Waals surface area (Å²) in [5.41, 5.74) is 0. The summed E-state index contributed by atoms with van der Waals surface area (Å²) in [6.45, 7) is 9.57. The summed E-state index contributed by atoms with van der Waals surface area (Å²) >= 11 is 0. The van der Waals surface area contributed by atoms with Gasteiger partial charge in [0.1, 0.15) is 19.3 Å². The topological polar surface area (TPSA) is 237 Å². The average Bonchev–Trinajstić information content (AvgIpc) is 1.66. The monoisotopic (exact) mass is 1400 g/mol. The van der Waals surface area contributed by atoms with Gasteiger partial charge in [-0.05, 0) is 37.5 Å². The maximum absolute atomic E-state index is 13.1. The number of esters is 4. The van der Waals surface area contributed by atoms with E-state index in [1.165, 1.54) is 199 Å². The maximum atomic E-state index is 13.1. The maximum Gasteiger partial charge on any atom is 0.472 e. The van der Waals surface area contributed by atoms with Crippen LogP contribution in [0.15, 0.2) is 0 Å². The molecule has 0 saturated heterocycles. The van der Waals surface area contributed by atoms with Gasteiger partial charge in [0.15, 0.2) is 12.2 Å². The minimum atomic E-state index is -4.96. The molecule has 2 unspecified atom stereocenters. The molecule has 95 heavy (non-hydrogen) atoms. The molecule has 0 aliphatic rings. The Bertz CT molecular complexity index is 1840. The average molecular weight is 1400 g/mol. The Morgan fingerprint density at radius 2 is 0.484 bits per heavy atom. The molecular formula is C76H148O17P2. The van der Waals surface area contributed by atoms with Crippen LogP contribution >= 0.6 is 15.6 Å².